The largest absolute Gasteiger partial charge is 0.290 e. The smallest absolute Gasteiger partial charge is 0.218 e. The molecular weight excluding hydrogens is 188 g/mol. The molecule has 0 aliphatic heterocycles. The van der Waals surface area contributed by atoms with Gasteiger partial charge >= 0.3 is 0 Å². The highest BCUT2D eigenvalue weighted by Crippen LogP contribution is 2.23. The van der Waals surface area contributed by atoms with E-state index < -0.39 is 0 Å². The highest BCUT2D eigenvalue weighted by molar-refractivity contribution is 6.06. The minimum Gasteiger partial charge on any atom is -0.290 e. The van der Waals surface area contributed by atoms with Crippen LogP contribution in [0.2, 0.25) is 0 Å². The van der Waals surface area contributed by atoms with Gasteiger partial charge in [0, 0.05) is 23.2 Å². The zero-order chi connectivity index (χ0) is 10.3. The van der Waals surface area contributed by atoms with Gasteiger partial charge < -0.3 is 0 Å². The third-order valence-electron chi connectivity index (χ3n) is 2.60. The maximum absolute atomic E-state index is 10.8. The minimum atomic E-state index is 0.810. The maximum atomic E-state index is 10.8. The van der Waals surface area contributed by atoms with Crippen molar-refractivity contribution in [3.63, 3.8) is 0 Å². The predicted octanol–water partition coefficient (Wildman–Crippen LogP) is 2.23. The lowest BCUT2D eigenvalue weighted by Crippen LogP contribution is -1.90. The fourth-order valence-electron chi connectivity index (χ4n) is 1.89. The Morgan fingerprint density at radius 2 is 2.07 bits per heavy atom. The molecule has 0 spiro atoms. The van der Waals surface area contributed by atoms with E-state index >= 15 is 0 Å². The van der Waals surface area contributed by atoms with E-state index in [9.17, 15) is 4.79 Å². The molecule has 0 saturated heterocycles. The van der Waals surface area contributed by atoms with Crippen molar-refractivity contribution >= 4 is 28.2 Å². The summed E-state index contributed by atoms with van der Waals surface area (Å²) in [5.74, 6) is 0. The first-order valence-corrected chi connectivity index (χ1v) is 4.70. The molecule has 0 aliphatic carbocycles. The molecule has 0 unspecified atom stereocenters. The number of hydrogen-bond donors (Lipinski definition) is 0. The van der Waals surface area contributed by atoms with Crippen molar-refractivity contribution in [3.8, 4) is 0 Å². The molecule has 3 aromatic rings. The molecule has 0 radical (unpaired) electrons. The second-order valence-corrected chi connectivity index (χ2v) is 3.40. The standard InChI is InChI=1S/C12H8N2O/c15-8-14-7-5-10-9-2-1-6-13-11(9)3-4-12(10)14/h1-8H. The molecule has 0 fully saturated rings. The van der Waals surface area contributed by atoms with Gasteiger partial charge in [-0.3, -0.25) is 14.3 Å². The molecule has 2 aromatic heterocycles. The van der Waals surface area contributed by atoms with Gasteiger partial charge in [-0.2, -0.15) is 0 Å². The van der Waals surface area contributed by atoms with Crippen LogP contribution in [0.4, 0.5) is 0 Å². The third-order valence-corrected chi connectivity index (χ3v) is 2.60. The van der Waals surface area contributed by atoms with Gasteiger partial charge in [-0.1, -0.05) is 6.07 Å². The van der Waals surface area contributed by atoms with Crippen LogP contribution in [0.5, 0.6) is 0 Å². The number of pyridine rings is 1. The monoisotopic (exact) mass is 196 g/mol. The van der Waals surface area contributed by atoms with E-state index in [2.05, 4.69) is 4.98 Å². The van der Waals surface area contributed by atoms with Crippen LogP contribution in [0.15, 0.2) is 42.7 Å². The van der Waals surface area contributed by atoms with E-state index in [-0.39, 0.29) is 0 Å². The van der Waals surface area contributed by atoms with Gasteiger partial charge in [0.2, 0.25) is 6.41 Å². The lowest BCUT2D eigenvalue weighted by atomic mass is 10.1. The summed E-state index contributed by atoms with van der Waals surface area (Å²) in [7, 11) is 0. The Labute approximate surface area is 86.0 Å². The number of carbonyl (C=O) groups excluding carboxylic acids is 1. The Bertz CT molecular complexity index is 655. The Kier molecular flexibility index (Phi) is 1.59. The fraction of sp³-hybridized carbons (Fsp3) is 0. The molecular formula is C12H8N2O. The van der Waals surface area contributed by atoms with Crippen molar-refractivity contribution in [2.24, 2.45) is 0 Å². The molecule has 1 aromatic carbocycles. The molecule has 0 aliphatic rings. The van der Waals surface area contributed by atoms with Crippen molar-refractivity contribution in [1.82, 2.24) is 9.55 Å². The van der Waals surface area contributed by atoms with E-state index in [4.69, 9.17) is 0 Å². The molecule has 0 atom stereocenters. The number of rotatable bonds is 1. The Balaban J connectivity index is 2.55. The van der Waals surface area contributed by atoms with Crippen molar-refractivity contribution in [2.75, 3.05) is 0 Å². The van der Waals surface area contributed by atoms with Gasteiger partial charge in [-0.15, -0.1) is 0 Å². The maximum Gasteiger partial charge on any atom is 0.218 e. The van der Waals surface area contributed by atoms with E-state index in [1.165, 1.54) is 0 Å². The van der Waals surface area contributed by atoms with Gasteiger partial charge in [0.15, 0.2) is 0 Å². The number of hydrogen-bond acceptors (Lipinski definition) is 2. The molecule has 15 heavy (non-hydrogen) atoms. The van der Waals surface area contributed by atoms with Crippen LogP contribution in [0.25, 0.3) is 21.8 Å². The van der Waals surface area contributed by atoms with Crippen LogP contribution in [-0.4, -0.2) is 16.0 Å². The van der Waals surface area contributed by atoms with Crippen LogP contribution < -0.4 is 0 Å². The van der Waals surface area contributed by atoms with Crippen LogP contribution in [0.3, 0.4) is 0 Å². The van der Waals surface area contributed by atoms with Gasteiger partial charge in [-0.05, 0) is 24.3 Å². The molecule has 2 heterocycles. The molecule has 0 bridgehead atoms. The molecule has 3 nitrogen and oxygen atoms in total. The van der Waals surface area contributed by atoms with Gasteiger partial charge in [0.05, 0.1) is 11.0 Å². The highest BCUT2D eigenvalue weighted by atomic mass is 16.1. The number of benzene rings is 1. The minimum absolute atomic E-state index is 0.810. The molecule has 0 amide bonds. The number of carbonyl (C=O) groups is 1. The lowest BCUT2D eigenvalue weighted by molar-refractivity contribution is 0.549. The lowest BCUT2D eigenvalue weighted by Gasteiger charge is -1.99. The van der Waals surface area contributed by atoms with Gasteiger partial charge in [0.25, 0.3) is 0 Å². The SMILES string of the molecule is O=Cn1ccc2c3cccnc3ccc21. The topological polar surface area (TPSA) is 34.9 Å². The van der Waals surface area contributed by atoms with Gasteiger partial charge in [0.1, 0.15) is 0 Å². The Morgan fingerprint density at radius 3 is 2.93 bits per heavy atom. The Morgan fingerprint density at radius 1 is 1.13 bits per heavy atom. The predicted molar refractivity (Wildman–Crippen MR) is 59.4 cm³/mol. The third kappa shape index (κ3) is 1.06. The fourth-order valence-corrected chi connectivity index (χ4v) is 1.89. The summed E-state index contributed by atoms with van der Waals surface area (Å²) in [6, 6.07) is 9.70. The first-order chi connectivity index (χ1) is 7.40. The zero-order valence-corrected chi connectivity index (χ0v) is 7.92. The van der Waals surface area contributed by atoms with Gasteiger partial charge in [-0.25, -0.2) is 0 Å². The van der Waals surface area contributed by atoms with Crippen molar-refractivity contribution < 1.29 is 4.79 Å². The van der Waals surface area contributed by atoms with Crippen LogP contribution in [-0.2, 0) is 4.79 Å². The zero-order valence-electron chi connectivity index (χ0n) is 7.92. The average molecular weight is 196 g/mol. The van der Waals surface area contributed by atoms with Crippen molar-refractivity contribution in [2.45, 2.75) is 0 Å². The Hall–Kier alpha value is -2.16. The second-order valence-electron chi connectivity index (χ2n) is 3.40. The first kappa shape index (κ1) is 8.17. The molecule has 3 rings (SSSR count). The van der Waals surface area contributed by atoms with Crippen LogP contribution in [0.1, 0.15) is 0 Å². The first-order valence-electron chi connectivity index (χ1n) is 4.70. The average Bonchev–Trinajstić information content (AvgIpc) is 2.72. The van der Waals surface area contributed by atoms with E-state index in [1.54, 1.807) is 17.0 Å². The summed E-state index contributed by atoms with van der Waals surface area (Å²) < 4.78 is 1.57. The molecule has 3 heteroatoms. The summed E-state index contributed by atoms with van der Waals surface area (Å²) in [4.78, 5) is 15.0. The van der Waals surface area contributed by atoms with E-state index in [1.807, 2.05) is 30.3 Å². The quantitative estimate of drug-likeness (QED) is 0.559. The molecule has 0 saturated carbocycles. The highest BCUT2D eigenvalue weighted by Gasteiger charge is 2.03. The van der Waals surface area contributed by atoms with Crippen LogP contribution >= 0.6 is 0 Å². The summed E-state index contributed by atoms with van der Waals surface area (Å²) >= 11 is 0. The number of aromatic nitrogens is 2. The molecule has 72 valence electrons. The summed E-state index contributed by atoms with van der Waals surface area (Å²) in [6.45, 7) is 0. The summed E-state index contributed by atoms with van der Waals surface area (Å²) in [6.07, 6.45) is 4.35. The van der Waals surface area contributed by atoms with E-state index in [0.717, 1.165) is 28.2 Å². The van der Waals surface area contributed by atoms with Crippen molar-refractivity contribution in [1.29, 1.82) is 0 Å². The number of nitrogens with zero attached hydrogens (tertiary/aromatic N) is 2. The van der Waals surface area contributed by atoms with Crippen LogP contribution in [0, 0.1) is 0 Å². The normalized spacial score (nSPS) is 10.9. The number of fused-ring (bicyclic) bond motifs is 3. The van der Waals surface area contributed by atoms with Crippen molar-refractivity contribution in [3.05, 3.63) is 42.7 Å². The molecule has 0 N–H and O–H groups in total. The summed E-state index contributed by atoms with van der Waals surface area (Å²) in [5.41, 5.74) is 1.87. The summed E-state index contributed by atoms with van der Waals surface area (Å²) in [5, 5.41) is 2.14. The second kappa shape index (κ2) is 2.92. The van der Waals surface area contributed by atoms with E-state index in [0.29, 0.717) is 0 Å².